The van der Waals surface area contributed by atoms with Crippen LogP contribution in [0.4, 0.5) is 4.79 Å². The molecule has 1 aromatic rings. The fraction of sp³-hybridized carbons (Fsp3) is 0.583. The number of thiophene rings is 1. The first kappa shape index (κ1) is 12.4. The van der Waals surface area contributed by atoms with Gasteiger partial charge in [-0.05, 0) is 47.3 Å². The van der Waals surface area contributed by atoms with Crippen molar-refractivity contribution < 1.29 is 9.63 Å². The Kier molecular flexibility index (Phi) is 3.59. The van der Waals surface area contributed by atoms with Gasteiger partial charge in [0.2, 0.25) is 0 Å². The van der Waals surface area contributed by atoms with E-state index in [1.807, 2.05) is 0 Å². The maximum Gasteiger partial charge on any atom is 0.341 e. The topological polar surface area (TPSA) is 41.6 Å². The zero-order valence-corrected chi connectivity index (χ0v) is 12.3. The number of halogens is 1. The van der Waals surface area contributed by atoms with Crippen LogP contribution in [0.5, 0.6) is 0 Å². The number of hydroxylamine groups is 2. The summed E-state index contributed by atoms with van der Waals surface area (Å²) >= 11 is 5.21. The van der Waals surface area contributed by atoms with Gasteiger partial charge in [0, 0.05) is 16.8 Å². The molecule has 18 heavy (non-hydrogen) atoms. The van der Waals surface area contributed by atoms with Crippen LogP contribution in [-0.2, 0) is 4.84 Å². The zero-order valence-electron chi connectivity index (χ0n) is 9.89. The van der Waals surface area contributed by atoms with Gasteiger partial charge in [0.25, 0.3) is 0 Å². The van der Waals surface area contributed by atoms with Crippen LogP contribution in [0.1, 0.15) is 30.1 Å². The molecular formula is C12H15BrN2O2S. The van der Waals surface area contributed by atoms with Crippen molar-refractivity contribution in [3.8, 4) is 0 Å². The van der Waals surface area contributed by atoms with Crippen LogP contribution >= 0.6 is 27.3 Å². The van der Waals surface area contributed by atoms with Crippen LogP contribution in [0.2, 0.25) is 0 Å². The normalized spacial score (nSPS) is 27.1. The molecule has 2 aliphatic rings. The predicted molar refractivity (Wildman–Crippen MR) is 73.6 cm³/mol. The molecule has 4 nitrogen and oxygen atoms in total. The highest BCUT2D eigenvalue weighted by Crippen LogP contribution is 2.44. The van der Waals surface area contributed by atoms with E-state index in [4.69, 9.17) is 4.84 Å². The molecule has 1 aromatic heterocycles. The lowest BCUT2D eigenvalue weighted by atomic mass is 10.3. The minimum Gasteiger partial charge on any atom is -0.333 e. The van der Waals surface area contributed by atoms with Gasteiger partial charge < -0.3 is 5.32 Å². The highest BCUT2D eigenvalue weighted by atomic mass is 79.9. The van der Waals surface area contributed by atoms with Gasteiger partial charge in [-0.1, -0.05) is 0 Å². The van der Waals surface area contributed by atoms with Crippen LogP contribution < -0.4 is 5.32 Å². The summed E-state index contributed by atoms with van der Waals surface area (Å²) in [5.41, 5.74) is 0. The van der Waals surface area contributed by atoms with E-state index >= 15 is 0 Å². The lowest BCUT2D eigenvalue weighted by Crippen LogP contribution is -2.43. The molecule has 1 aliphatic carbocycles. The molecule has 2 fully saturated rings. The van der Waals surface area contributed by atoms with Crippen molar-refractivity contribution in [2.24, 2.45) is 0 Å². The van der Waals surface area contributed by atoms with Gasteiger partial charge in [0.05, 0.1) is 16.9 Å². The highest BCUT2D eigenvalue weighted by molar-refractivity contribution is 9.11. The maximum atomic E-state index is 11.9. The number of urea groups is 1. The fourth-order valence-electron chi connectivity index (χ4n) is 2.18. The first-order valence-corrected chi connectivity index (χ1v) is 7.81. The number of nitrogens with zero attached hydrogens (tertiary/aromatic N) is 1. The molecule has 6 heteroatoms. The predicted octanol–water partition coefficient (Wildman–Crippen LogP) is 3.10. The standard InChI is InChI=1S/C12H15BrN2O2S/c13-11-4-3-10(18-11)8-7-9(8)14-12(16)15-5-1-2-6-17-15/h3-4,8-9H,1-2,5-7H2,(H,14,16)/t8-,9-/m1/s1. The van der Waals surface area contributed by atoms with Gasteiger partial charge in [-0.3, -0.25) is 4.84 Å². The van der Waals surface area contributed by atoms with Crippen molar-refractivity contribution >= 4 is 33.3 Å². The number of hydrogen-bond donors (Lipinski definition) is 1. The number of hydrogen-bond acceptors (Lipinski definition) is 3. The van der Waals surface area contributed by atoms with E-state index in [0.29, 0.717) is 19.1 Å². The third kappa shape index (κ3) is 2.70. The molecule has 2 amide bonds. The van der Waals surface area contributed by atoms with Gasteiger partial charge >= 0.3 is 6.03 Å². The van der Waals surface area contributed by atoms with Crippen molar-refractivity contribution in [3.63, 3.8) is 0 Å². The molecule has 1 saturated carbocycles. The third-order valence-corrected chi connectivity index (χ3v) is 5.04. The quantitative estimate of drug-likeness (QED) is 0.905. The Balaban J connectivity index is 1.51. The van der Waals surface area contributed by atoms with Crippen molar-refractivity contribution in [1.82, 2.24) is 10.4 Å². The Labute approximate surface area is 118 Å². The van der Waals surface area contributed by atoms with E-state index in [-0.39, 0.29) is 12.1 Å². The van der Waals surface area contributed by atoms with E-state index in [1.54, 1.807) is 11.3 Å². The molecule has 0 aromatic carbocycles. The van der Waals surface area contributed by atoms with Crippen LogP contribution in [0.15, 0.2) is 15.9 Å². The molecule has 98 valence electrons. The summed E-state index contributed by atoms with van der Waals surface area (Å²) in [7, 11) is 0. The molecule has 0 unspecified atom stereocenters. The summed E-state index contributed by atoms with van der Waals surface area (Å²) in [6.07, 6.45) is 3.10. The summed E-state index contributed by atoms with van der Waals surface area (Å²) in [5.74, 6) is 0.482. The Morgan fingerprint density at radius 1 is 1.50 bits per heavy atom. The first-order valence-electron chi connectivity index (χ1n) is 6.20. The van der Waals surface area contributed by atoms with Gasteiger partial charge in [0.15, 0.2) is 0 Å². The van der Waals surface area contributed by atoms with Crippen molar-refractivity contribution in [1.29, 1.82) is 0 Å². The van der Waals surface area contributed by atoms with E-state index in [2.05, 4.69) is 33.4 Å². The molecular weight excluding hydrogens is 316 g/mol. The minimum absolute atomic E-state index is 0.0854. The lowest BCUT2D eigenvalue weighted by molar-refractivity contribution is -0.139. The van der Waals surface area contributed by atoms with Crippen LogP contribution in [-0.4, -0.2) is 30.3 Å². The lowest BCUT2D eigenvalue weighted by Gasteiger charge is -2.25. The summed E-state index contributed by atoms with van der Waals surface area (Å²) < 4.78 is 1.15. The summed E-state index contributed by atoms with van der Waals surface area (Å²) in [6.45, 7) is 1.35. The molecule has 1 saturated heterocycles. The molecule has 1 N–H and O–H groups in total. The number of carbonyl (C=O) groups excluding carboxylic acids is 1. The van der Waals surface area contributed by atoms with Gasteiger partial charge in [-0.15, -0.1) is 11.3 Å². The van der Waals surface area contributed by atoms with E-state index in [0.717, 1.165) is 23.0 Å². The average molecular weight is 331 g/mol. The van der Waals surface area contributed by atoms with Gasteiger partial charge in [-0.2, -0.15) is 0 Å². The van der Waals surface area contributed by atoms with Crippen LogP contribution in [0.3, 0.4) is 0 Å². The summed E-state index contributed by atoms with van der Waals surface area (Å²) in [4.78, 5) is 18.6. The smallest absolute Gasteiger partial charge is 0.333 e. The van der Waals surface area contributed by atoms with E-state index in [1.165, 1.54) is 9.94 Å². The number of amides is 2. The van der Waals surface area contributed by atoms with Crippen molar-refractivity contribution in [2.75, 3.05) is 13.2 Å². The van der Waals surface area contributed by atoms with Crippen molar-refractivity contribution in [2.45, 2.75) is 31.2 Å². The first-order chi connectivity index (χ1) is 8.74. The number of rotatable bonds is 2. The minimum atomic E-state index is -0.0854. The molecule has 1 aliphatic heterocycles. The molecule has 3 rings (SSSR count). The average Bonchev–Trinajstić information content (AvgIpc) is 3.02. The zero-order chi connectivity index (χ0) is 12.5. The van der Waals surface area contributed by atoms with Crippen LogP contribution in [0.25, 0.3) is 0 Å². The Morgan fingerprint density at radius 2 is 2.39 bits per heavy atom. The SMILES string of the molecule is O=C(N[C@@H]1C[C@H]1c1ccc(Br)s1)N1CCCCO1. The van der Waals surface area contributed by atoms with Gasteiger partial charge in [-0.25, -0.2) is 9.86 Å². The molecule has 2 atom stereocenters. The second-order valence-electron chi connectivity index (χ2n) is 4.68. The van der Waals surface area contributed by atoms with Gasteiger partial charge in [0.1, 0.15) is 0 Å². The molecule has 0 spiro atoms. The van der Waals surface area contributed by atoms with Crippen molar-refractivity contribution in [3.05, 3.63) is 20.8 Å². The monoisotopic (exact) mass is 330 g/mol. The fourth-order valence-corrected chi connectivity index (χ4v) is 3.79. The highest BCUT2D eigenvalue weighted by Gasteiger charge is 2.41. The Bertz CT molecular complexity index is 445. The third-order valence-electron chi connectivity index (χ3n) is 3.29. The Morgan fingerprint density at radius 3 is 3.06 bits per heavy atom. The van der Waals surface area contributed by atoms with E-state index < -0.39 is 0 Å². The maximum absolute atomic E-state index is 11.9. The number of nitrogens with one attached hydrogen (secondary N) is 1. The van der Waals surface area contributed by atoms with Crippen LogP contribution in [0, 0.1) is 0 Å². The molecule has 0 bridgehead atoms. The molecule has 0 radical (unpaired) electrons. The molecule has 2 heterocycles. The van der Waals surface area contributed by atoms with E-state index in [9.17, 15) is 4.79 Å². The number of carbonyl (C=O) groups is 1. The summed E-state index contributed by atoms with van der Waals surface area (Å²) in [5, 5.41) is 4.50. The summed E-state index contributed by atoms with van der Waals surface area (Å²) in [6, 6.07) is 4.37. The second kappa shape index (κ2) is 5.19. The Hall–Kier alpha value is -0.590. The second-order valence-corrected chi connectivity index (χ2v) is 7.18. The largest absolute Gasteiger partial charge is 0.341 e.